The molecule has 1 atom stereocenters. The molecule has 1 saturated heterocycles. The van der Waals surface area contributed by atoms with E-state index in [4.69, 9.17) is 4.74 Å². The van der Waals surface area contributed by atoms with Crippen molar-refractivity contribution in [2.24, 2.45) is 5.92 Å². The molecule has 1 fully saturated rings. The maximum absolute atomic E-state index is 12.2. The van der Waals surface area contributed by atoms with Gasteiger partial charge < -0.3 is 9.64 Å². The summed E-state index contributed by atoms with van der Waals surface area (Å²) in [7, 11) is 0. The number of hydrogen-bond donors (Lipinski definition) is 0. The van der Waals surface area contributed by atoms with Crippen LogP contribution in [0.3, 0.4) is 0 Å². The second-order valence-corrected chi connectivity index (χ2v) is 7.03. The van der Waals surface area contributed by atoms with Crippen molar-refractivity contribution in [3.8, 4) is 0 Å². The van der Waals surface area contributed by atoms with Gasteiger partial charge in [-0.1, -0.05) is 6.92 Å². The number of thiophene rings is 1. The lowest BCUT2D eigenvalue weighted by Gasteiger charge is -2.19. The Morgan fingerprint density at radius 1 is 1.38 bits per heavy atom. The molecule has 0 radical (unpaired) electrons. The van der Waals surface area contributed by atoms with Crippen LogP contribution in [-0.4, -0.2) is 36.5 Å². The highest BCUT2D eigenvalue weighted by Gasteiger charge is 2.25. The first-order chi connectivity index (χ1) is 10.1. The molecule has 2 aliphatic rings. The summed E-state index contributed by atoms with van der Waals surface area (Å²) >= 11 is 1.65. The molecule has 1 unspecified atom stereocenters. The van der Waals surface area contributed by atoms with Crippen LogP contribution in [0.25, 0.3) is 0 Å². The minimum Gasteiger partial charge on any atom is -0.452 e. The largest absolute Gasteiger partial charge is 0.452 e. The lowest BCUT2D eigenvalue weighted by Crippen LogP contribution is -2.32. The second kappa shape index (κ2) is 6.18. The van der Waals surface area contributed by atoms with E-state index in [1.807, 2.05) is 5.38 Å². The highest BCUT2D eigenvalue weighted by molar-refractivity contribution is 7.10. The highest BCUT2D eigenvalue weighted by atomic mass is 32.1. The van der Waals surface area contributed by atoms with Gasteiger partial charge in [-0.2, -0.15) is 0 Å². The van der Waals surface area contributed by atoms with Crippen LogP contribution in [0.5, 0.6) is 0 Å². The average Bonchev–Trinajstić information content (AvgIpc) is 3.13. The molecule has 5 heteroatoms. The van der Waals surface area contributed by atoms with Crippen LogP contribution in [0.4, 0.5) is 0 Å². The predicted molar refractivity (Wildman–Crippen MR) is 81.6 cm³/mol. The molecule has 1 aliphatic carbocycles. The molecular formula is C16H21NO3S. The Bertz CT molecular complexity index is 546. The van der Waals surface area contributed by atoms with Crippen molar-refractivity contribution in [2.75, 3.05) is 19.7 Å². The van der Waals surface area contributed by atoms with E-state index in [9.17, 15) is 9.59 Å². The standard InChI is InChI=1S/C16H21NO3S/c1-11-4-5-12-13(10-21-14(12)8-11)16(19)20-9-15(18)17-6-2-3-7-17/h10-11H,2-9H2,1H3. The Kier molecular flexibility index (Phi) is 4.29. The van der Waals surface area contributed by atoms with Crippen LogP contribution in [-0.2, 0) is 22.4 Å². The molecular weight excluding hydrogens is 286 g/mol. The molecule has 0 aromatic carbocycles. The lowest BCUT2D eigenvalue weighted by atomic mass is 9.88. The number of rotatable bonds is 3. The van der Waals surface area contributed by atoms with Crippen LogP contribution >= 0.6 is 11.3 Å². The maximum Gasteiger partial charge on any atom is 0.339 e. The average molecular weight is 307 g/mol. The maximum atomic E-state index is 12.2. The highest BCUT2D eigenvalue weighted by Crippen LogP contribution is 2.33. The van der Waals surface area contributed by atoms with Gasteiger partial charge in [0.25, 0.3) is 5.91 Å². The van der Waals surface area contributed by atoms with Crippen molar-refractivity contribution >= 4 is 23.2 Å². The van der Waals surface area contributed by atoms with Gasteiger partial charge in [-0.05, 0) is 43.6 Å². The Labute approximate surface area is 129 Å². The van der Waals surface area contributed by atoms with Crippen molar-refractivity contribution in [3.63, 3.8) is 0 Å². The molecule has 4 nitrogen and oxygen atoms in total. The first-order valence-electron chi connectivity index (χ1n) is 7.69. The van der Waals surface area contributed by atoms with Crippen LogP contribution in [0.1, 0.15) is 47.0 Å². The van der Waals surface area contributed by atoms with Crippen LogP contribution in [0.15, 0.2) is 5.38 Å². The lowest BCUT2D eigenvalue weighted by molar-refractivity contribution is -0.133. The number of nitrogens with zero attached hydrogens (tertiary/aromatic N) is 1. The van der Waals surface area contributed by atoms with E-state index in [0.29, 0.717) is 11.5 Å². The summed E-state index contributed by atoms with van der Waals surface area (Å²) in [4.78, 5) is 27.2. The van der Waals surface area contributed by atoms with E-state index < -0.39 is 0 Å². The zero-order chi connectivity index (χ0) is 14.8. The molecule has 114 valence electrons. The summed E-state index contributed by atoms with van der Waals surface area (Å²) < 4.78 is 5.23. The van der Waals surface area contributed by atoms with E-state index in [0.717, 1.165) is 50.8 Å². The second-order valence-electron chi connectivity index (χ2n) is 6.06. The van der Waals surface area contributed by atoms with E-state index >= 15 is 0 Å². The summed E-state index contributed by atoms with van der Waals surface area (Å²) in [6, 6.07) is 0. The molecule has 1 amide bonds. The summed E-state index contributed by atoms with van der Waals surface area (Å²) in [6.45, 7) is 3.71. The third-order valence-electron chi connectivity index (χ3n) is 4.41. The van der Waals surface area contributed by atoms with Crippen molar-refractivity contribution in [1.82, 2.24) is 4.90 Å². The first-order valence-corrected chi connectivity index (χ1v) is 8.57. The van der Waals surface area contributed by atoms with E-state index in [-0.39, 0.29) is 18.5 Å². The Morgan fingerprint density at radius 2 is 2.14 bits per heavy atom. The smallest absolute Gasteiger partial charge is 0.339 e. The molecule has 1 aliphatic heterocycles. The monoisotopic (exact) mass is 307 g/mol. The Hall–Kier alpha value is -1.36. The number of ether oxygens (including phenoxy) is 1. The molecule has 3 rings (SSSR count). The van der Waals surface area contributed by atoms with E-state index in [2.05, 4.69) is 6.92 Å². The normalized spacial score (nSPS) is 21.2. The van der Waals surface area contributed by atoms with Crippen LogP contribution < -0.4 is 0 Å². The van der Waals surface area contributed by atoms with Crippen molar-refractivity contribution in [2.45, 2.75) is 39.0 Å². The quantitative estimate of drug-likeness (QED) is 0.807. The molecule has 0 spiro atoms. The van der Waals surface area contributed by atoms with Gasteiger partial charge in [0.2, 0.25) is 0 Å². The number of carbonyl (C=O) groups is 2. The van der Waals surface area contributed by atoms with Crippen molar-refractivity contribution in [1.29, 1.82) is 0 Å². The zero-order valence-corrected chi connectivity index (χ0v) is 13.2. The summed E-state index contributed by atoms with van der Waals surface area (Å²) in [5.41, 5.74) is 1.83. The molecule has 0 N–H and O–H groups in total. The van der Waals surface area contributed by atoms with Gasteiger partial charge in [0.1, 0.15) is 0 Å². The van der Waals surface area contributed by atoms with Gasteiger partial charge in [0.05, 0.1) is 5.56 Å². The van der Waals surface area contributed by atoms with Gasteiger partial charge in [0, 0.05) is 23.3 Å². The van der Waals surface area contributed by atoms with Gasteiger partial charge in [-0.15, -0.1) is 11.3 Å². The molecule has 1 aromatic heterocycles. The number of amides is 1. The summed E-state index contributed by atoms with van der Waals surface area (Å²) in [5, 5.41) is 1.89. The minimum atomic E-state index is -0.338. The van der Waals surface area contributed by atoms with Crippen LogP contribution in [0, 0.1) is 5.92 Å². The van der Waals surface area contributed by atoms with Crippen molar-refractivity contribution < 1.29 is 14.3 Å². The fourth-order valence-corrected chi connectivity index (χ4v) is 4.34. The minimum absolute atomic E-state index is 0.0708. The predicted octanol–water partition coefficient (Wildman–Crippen LogP) is 2.65. The topological polar surface area (TPSA) is 46.6 Å². The van der Waals surface area contributed by atoms with Gasteiger partial charge in [-0.3, -0.25) is 4.79 Å². The number of likely N-dealkylation sites (tertiary alicyclic amines) is 1. The number of hydrogen-bond acceptors (Lipinski definition) is 4. The van der Waals surface area contributed by atoms with E-state index in [1.54, 1.807) is 16.2 Å². The zero-order valence-electron chi connectivity index (χ0n) is 12.4. The number of esters is 1. The molecule has 21 heavy (non-hydrogen) atoms. The third-order valence-corrected chi connectivity index (χ3v) is 5.46. The van der Waals surface area contributed by atoms with Crippen molar-refractivity contribution in [3.05, 3.63) is 21.4 Å². The number of fused-ring (bicyclic) bond motifs is 1. The van der Waals surface area contributed by atoms with Crippen LogP contribution in [0.2, 0.25) is 0 Å². The van der Waals surface area contributed by atoms with Gasteiger partial charge in [0.15, 0.2) is 6.61 Å². The van der Waals surface area contributed by atoms with Gasteiger partial charge in [-0.25, -0.2) is 4.79 Å². The Balaban J connectivity index is 1.60. The SMILES string of the molecule is CC1CCc2c(C(=O)OCC(=O)N3CCCC3)csc2C1. The molecule has 0 saturated carbocycles. The molecule has 2 heterocycles. The van der Waals surface area contributed by atoms with Gasteiger partial charge >= 0.3 is 5.97 Å². The fourth-order valence-electron chi connectivity index (χ4n) is 3.11. The summed E-state index contributed by atoms with van der Waals surface area (Å²) in [5.74, 6) is 0.282. The molecule has 0 bridgehead atoms. The van der Waals surface area contributed by atoms with E-state index in [1.165, 1.54) is 4.88 Å². The fraction of sp³-hybridized carbons (Fsp3) is 0.625. The summed E-state index contributed by atoms with van der Waals surface area (Å²) in [6.07, 6.45) is 5.23. The molecule has 1 aromatic rings. The number of carbonyl (C=O) groups excluding carboxylic acids is 2. The third kappa shape index (κ3) is 3.12. The Morgan fingerprint density at radius 3 is 2.90 bits per heavy atom. The first kappa shape index (κ1) is 14.6.